The molecule has 0 aliphatic carbocycles. The van der Waals surface area contributed by atoms with E-state index in [0.717, 1.165) is 22.7 Å². The van der Waals surface area contributed by atoms with Crippen LogP contribution in [0.25, 0.3) is 5.57 Å². The number of hydrogen-bond donors (Lipinski definition) is 1. The zero-order chi connectivity index (χ0) is 25.2. The maximum Gasteiger partial charge on any atom is 0.253 e. The lowest BCUT2D eigenvalue weighted by molar-refractivity contribution is -0.00621. The summed E-state index contributed by atoms with van der Waals surface area (Å²) in [7, 11) is 3.90. The Labute approximate surface area is 205 Å². The Morgan fingerprint density at radius 1 is 1.20 bits per heavy atom. The zero-order valence-electron chi connectivity index (χ0n) is 21.0. The number of anilines is 1. The van der Waals surface area contributed by atoms with Gasteiger partial charge in [-0.3, -0.25) is 19.7 Å². The van der Waals surface area contributed by atoms with Gasteiger partial charge < -0.3 is 15.0 Å². The van der Waals surface area contributed by atoms with Crippen LogP contribution in [0.4, 0.5) is 10.2 Å². The van der Waals surface area contributed by atoms with Crippen LogP contribution in [0.2, 0.25) is 0 Å². The molecule has 35 heavy (non-hydrogen) atoms. The third kappa shape index (κ3) is 5.41. The van der Waals surface area contributed by atoms with Crippen molar-refractivity contribution in [2.24, 2.45) is 4.99 Å². The van der Waals surface area contributed by atoms with Crippen LogP contribution >= 0.6 is 0 Å². The number of allylic oxidation sites excluding steroid dienone is 1. The van der Waals surface area contributed by atoms with E-state index in [-0.39, 0.29) is 11.6 Å². The molecule has 1 saturated heterocycles. The fourth-order valence-corrected chi connectivity index (χ4v) is 4.34. The Hall–Kier alpha value is -3.17. The van der Waals surface area contributed by atoms with Gasteiger partial charge in [0.1, 0.15) is 17.1 Å². The van der Waals surface area contributed by atoms with E-state index in [1.807, 2.05) is 50.5 Å². The van der Waals surface area contributed by atoms with Gasteiger partial charge in [-0.1, -0.05) is 0 Å². The van der Waals surface area contributed by atoms with Crippen LogP contribution in [-0.2, 0) is 10.4 Å². The largest absolute Gasteiger partial charge is 0.379 e. The van der Waals surface area contributed by atoms with Crippen LogP contribution in [0.15, 0.2) is 47.3 Å². The molecule has 1 N–H and O–H groups in total. The highest BCUT2D eigenvalue weighted by molar-refractivity contribution is 5.98. The number of aromatic nitrogens is 2. The topological polar surface area (TPSA) is 83.0 Å². The number of carbonyl (C=O) groups is 1. The molecule has 1 atom stereocenters. The lowest BCUT2D eigenvalue weighted by atomic mass is 9.90. The number of rotatable bonds is 6. The van der Waals surface area contributed by atoms with E-state index in [1.54, 1.807) is 6.07 Å². The van der Waals surface area contributed by atoms with Gasteiger partial charge >= 0.3 is 0 Å². The highest BCUT2D eigenvalue weighted by atomic mass is 19.1. The summed E-state index contributed by atoms with van der Waals surface area (Å²) in [5.41, 5.74) is 0.916. The Bertz CT molecular complexity index is 1130. The van der Waals surface area contributed by atoms with E-state index in [2.05, 4.69) is 20.2 Å². The number of halogens is 1. The summed E-state index contributed by atoms with van der Waals surface area (Å²) in [6.07, 6.45) is 5.65. The molecule has 9 heteroatoms. The number of amides is 1. The van der Waals surface area contributed by atoms with Crippen molar-refractivity contribution in [1.29, 1.82) is 0 Å². The number of hydrogen-bond acceptors (Lipinski definition) is 7. The van der Waals surface area contributed by atoms with Crippen LogP contribution in [0.1, 0.15) is 48.8 Å². The van der Waals surface area contributed by atoms with Crippen molar-refractivity contribution in [3.8, 4) is 0 Å². The molecule has 0 bridgehead atoms. The van der Waals surface area contributed by atoms with Crippen molar-refractivity contribution in [2.45, 2.75) is 38.5 Å². The Balaban J connectivity index is 1.67. The molecule has 8 nitrogen and oxygen atoms in total. The quantitative estimate of drug-likeness (QED) is 0.682. The molecule has 2 aromatic heterocycles. The predicted octanol–water partition coefficient (Wildman–Crippen LogP) is 3.41. The van der Waals surface area contributed by atoms with Crippen molar-refractivity contribution in [3.63, 3.8) is 0 Å². The van der Waals surface area contributed by atoms with E-state index in [1.165, 1.54) is 26.1 Å². The average molecular weight is 481 g/mol. The maximum absolute atomic E-state index is 14.5. The van der Waals surface area contributed by atoms with Gasteiger partial charge in [0.25, 0.3) is 5.91 Å². The third-order valence-electron chi connectivity index (χ3n) is 6.45. The second-order valence-corrected chi connectivity index (χ2v) is 9.68. The number of alkyl halides is 1. The van der Waals surface area contributed by atoms with Crippen molar-refractivity contribution >= 4 is 23.5 Å². The van der Waals surface area contributed by atoms with Gasteiger partial charge in [0.15, 0.2) is 0 Å². The number of nitrogens with one attached hydrogen (secondary N) is 1. The van der Waals surface area contributed by atoms with Crippen LogP contribution in [0.3, 0.4) is 0 Å². The SMILES string of the molecule is CC1=C(c2ccc(N(C)C)nc2)CC(NC(=O)c2ccnc(C(C)(C)F)c2)(N2CCOCC2)C=N1. The molecule has 4 rings (SSSR count). The molecule has 0 saturated carbocycles. The molecule has 1 unspecified atom stereocenters. The standard InChI is InChI=1S/C26H33FN6O2/c1-18-21(20-6-7-23(29-16-20)32(4)5)15-26(17-30-18,33-10-12-35-13-11-33)31-24(34)19-8-9-28-22(14-19)25(2,3)27/h6-9,14,16-17H,10-13,15H2,1-5H3,(H,31,34). The molecule has 2 aliphatic rings. The summed E-state index contributed by atoms with van der Waals surface area (Å²) in [5.74, 6) is 0.555. The van der Waals surface area contributed by atoms with Crippen molar-refractivity contribution in [1.82, 2.24) is 20.2 Å². The molecule has 1 amide bonds. The fourth-order valence-electron chi connectivity index (χ4n) is 4.34. The van der Waals surface area contributed by atoms with Crippen LogP contribution in [-0.4, -0.2) is 73.1 Å². The first kappa shape index (κ1) is 24.9. The molecule has 0 spiro atoms. The summed E-state index contributed by atoms with van der Waals surface area (Å²) in [6.45, 7) is 7.25. The molecule has 1 fully saturated rings. The first-order valence-corrected chi connectivity index (χ1v) is 11.8. The first-order valence-electron chi connectivity index (χ1n) is 11.8. The minimum absolute atomic E-state index is 0.214. The summed E-state index contributed by atoms with van der Waals surface area (Å²) >= 11 is 0. The van der Waals surface area contributed by atoms with Gasteiger partial charge in [0, 0.05) is 63.5 Å². The van der Waals surface area contributed by atoms with Crippen molar-refractivity contribution < 1.29 is 13.9 Å². The number of morpholine rings is 1. The van der Waals surface area contributed by atoms with Gasteiger partial charge in [-0.05, 0) is 56.2 Å². The lowest BCUT2D eigenvalue weighted by Gasteiger charge is -2.45. The number of pyridine rings is 2. The smallest absolute Gasteiger partial charge is 0.253 e. The highest BCUT2D eigenvalue weighted by Gasteiger charge is 2.41. The second kappa shape index (κ2) is 9.83. The Morgan fingerprint density at radius 2 is 1.94 bits per heavy atom. The molecular formula is C26H33FN6O2. The molecule has 0 aromatic carbocycles. The van der Waals surface area contributed by atoms with Crippen molar-refractivity contribution in [3.05, 3.63) is 59.2 Å². The Morgan fingerprint density at radius 3 is 2.57 bits per heavy atom. The lowest BCUT2D eigenvalue weighted by Crippen LogP contribution is -2.65. The molecule has 2 aromatic rings. The van der Waals surface area contributed by atoms with Gasteiger partial charge in [-0.15, -0.1) is 0 Å². The molecule has 2 aliphatic heterocycles. The average Bonchev–Trinajstić information content (AvgIpc) is 2.85. The normalized spacial score (nSPS) is 21.2. The molecule has 186 valence electrons. The first-order chi connectivity index (χ1) is 16.6. The predicted molar refractivity (Wildman–Crippen MR) is 135 cm³/mol. The van der Waals surface area contributed by atoms with Gasteiger partial charge in [0.2, 0.25) is 0 Å². The highest BCUT2D eigenvalue weighted by Crippen LogP contribution is 2.35. The van der Waals surface area contributed by atoms with Gasteiger partial charge in [-0.25, -0.2) is 9.37 Å². The minimum Gasteiger partial charge on any atom is -0.379 e. The monoisotopic (exact) mass is 480 g/mol. The summed E-state index contributed by atoms with van der Waals surface area (Å²) in [5, 5.41) is 3.22. The molecule has 4 heterocycles. The van der Waals surface area contributed by atoms with Crippen LogP contribution in [0.5, 0.6) is 0 Å². The van der Waals surface area contributed by atoms with E-state index >= 15 is 0 Å². The van der Waals surface area contributed by atoms with Gasteiger partial charge in [-0.2, -0.15) is 0 Å². The van der Waals surface area contributed by atoms with E-state index in [4.69, 9.17) is 9.73 Å². The van der Waals surface area contributed by atoms with Crippen LogP contribution < -0.4 is 10.2 Å². The van der Waals surface area contributed by atoms with Gasteiger partial charge in [0.05, 0.1) is 18.9 Å². The minimum atomic E-state index is -1.65. The molecule has 0 radical (unpaired) electrons. The number of ether oxygens (including phenoxy) is 1. The molecular weight excluding hydrogens is 447 g/mol. The number of aliphatic imine (C=N–C) groups is 1. The van der Waals surface area contributed by atoms with E-state index in [0.29, 0.717) is 38.3 Å². The third-order valence-corrected chi connectivity index (χ3v) is 6.45. The fraction of sp³-hybridized carbons (Fsp3) is 0.462. The van der Waals surface area contributed by atoms with Crippen LogP contribution in [0, 0.1) is 0 Å². The number of nitrogens with zero attached hydrogens (tertiary/aromatic N) is 5. The summed E-state index contributed by atoms with van der Waals surface area (Å²) < 4.78 is 20.1. The summed E-state index contributed by atoms with van der Waals surface area (Å²) in [6, 6.07) is 7.12. The van der Waals surface area contributed by atoms with Crippen molar-refractivity contribution in [2.75, 3.05) is 45.3 Å². The maximum atomic E-state index is 14.5. The number of carbonyl (C=O) groups excluding carboxylic acids is 1. The zero-order valence-corrected chi connectivity index (χ0v) is 21.0. The van der Waals surface area contributed by atoms with E-state index < -0.39 is 11.3 Å². The Kier molecular flexibility index (Phi) is 7.00. The second-order valence-electron chi connectivity index (χ2n) is 9.68. The summed E-state index contributed by atoms with van der Waals surface area (Å²) in [4.78, 5) is 31.0. The van der Waals surface area contributed by atoms with E-state index in [9.17, 15) is 9.18 Å².